The minimum atomic E-state index is -3.65. The van der Waals surface area contributed by atoms with Gasteiger partial charge in [-0.1, -0.05) is 18.3 Å². The van der Waals surface area contributed by atoms with Gasteiger partial charge >= 0.3 is 0 Å². The molecule has 0 aliphatic heterocycles. The lowest BCUT2D eigenvalue weighted by Gasteiger charge is -2.07. The molecule has 0 aromatic carbocycles. The molecule has 0 spiro atoms. The predicted molar refractivity (Wildman–Crippen MR) is 62.0 cm³/mol. The predicted octanol–water partition coefficient (Wildman–Crippen LogP) is 1.95. The standard InChI is InChI=1S/C7H8BrN3O2S2/c1-2-5(3-9)15(12,13)11-7-10-4-6(8)14-7/h4-5H,2H2,1H3,(H,10,11). The van der Waals surface area contributed by atoms with Crippen molar-refractivity contribution in [2.24, 2.45) is 0 Å². The Morgan fingerprint density at radius 3 is 2.87 bits per heavy atom. The molecule has 0 fully saturated rings. The average Bonchev–Trinajstić information content (AvgIpc) is 2.51. The fourth-order valence-electron chi connectivity index (χ4n) is 0.875. The molecule has 0 aliphatic carbocycles. The van der Waals surface area contributed by atoms with E-state index in [4.69, 9.17) is 5.26 Å². The zero-order chi connectivity index (χ0) is 11.5. The number of thiazole rings is 1. The van der Waals surface area contributed by atoms with Crippen LogP contribution in [-0.4, -0.2) is 18.7 Å². The lowest BCUT2D eigenvalue weighted by Crippen LogP contribution is -2.25. The Morgan fingerprint density at radius 2 is 2.47 bits per heavy atom. The molecule has 5 nitrogen and oxygen atoms in total. The maximum absolute atomic E-state index is 11.6. The number of nitrogens with zero attached hydrogens (tertiary/aromatic N) is 2. The molecule has 1 aromatic rings. The Kier molecular flexibility index (Phi) is 4.07. The number of nitrogens with one attached hydrogen (secondary N) is 1. The molecule has 8 heteroatoms. The molecule has 15 heavy (non-hydrogen) atoms. The molecular weight excluding hydrogens is 302 g/mol. The van der Waals surface area contributed by atoms with E-state index in [1.54, 1.807) is 13.0 Å². The quantitative estimate of drug-likeness (QED) is 0.921. The van der Waals surface area contributed by atoms with E-state index >= 15 is 0 Å². The van der Waals surface area contributed by atoms with Crippen molar-refractivity contribution in [2.75, 3.05) is 4.72 Å². The molecular formula is C7H8BrN3O2S2. The highest BCUT2D eigenvalue weighted by Gasteiger charge is 2.24. The molecule has 1 aromatic heterocycles. The van der Waals surface area contributed by atoms with Gasteiger partial charge in [-0.2, -0.15) is 5.26 Å². The van der Waals surface area contributed by atoms with Crippen LogP contribution in [0.25, 0.3) is 0 Å². The molecule has 1 atom stereocenters. The molecule has 0 saturated carbocycles. The van der Waals surface area contributed by atoms with E-state index in [-0.39, 0.29) is 11.6 Å². The summed E-state index contributed by atoms with van der Waals surface area (Å²) in [5.41, 5.74) is 0. The van der Waals surface area contributed by atoms with Gasteiger partial charge in [0.05, 0.1) is 16.1 Å². The lowest BCUT2D eigenvalue weighted by molar-refractivity contribution is 0.593. The van der Waals surface area contributed by atoms with Crippen LogP contribution in [0.15, 0.2) is 9.98 Å². The van der Waals surface area contributed by atoms with E-state index in [1.807, 2.05) is 0 Å². The van der Waals surface area contributed by atoms with Gasteiger partial charge in [0.1, 0.15) is 0 Å². The Morgan fingerprint density at radius 1 is 1.80 bits per heavy atom. The first kappa shape index (κ1) is 12.4. The fourth-order valence-corrected chi connectivity index (χ4v) is 3.36. The van der Waals surface area contributed by atoms with Crippen LogP contribution in [0.2, 0.25) is 0 Å². The van der Waals surface area contributed by atoms with Crippen LogP contribution in [0.3, 0.4) is 0 Å². The van der Waals surface area contributed by atoms with Crippen molar-refractivity contribution >= 4 is 42.4 Å². The second kappa shape index (κ2) is 4.92. The minimum Gasteiger partial charge on any atom is -0.257 e. The topological polar surface area (TPSA) is 82.8 Å². The SMILES string of the molecule is CCC(C#N)S(=O)(=O)Nc1ncc(Br)s1. The van der Waals surface area contributed by atoms with Crippen LogP contribution in [0.1, 0.15) is 13.3 Å². The average molecular weight is 310 g/mol. The fraction of sp³-hybridized carbons (Fsp3) is 0.429. The summed E-state index contributed by atoms with van der Waals surface area (Å²) >= 11 is 4.33. The van der Waals surface area contributed by atoms with Crippen molar-refractivity contribution < 1.29 is 8.42 Å². The molecule has 82 valence electrons. The number of hydrogen-bond donors (Lipinski definition) is 1. The summed E-state index contributed by atoms with van der Waals surface area (Å²) in [7, 11) is -3.65. The van der Waals surface area contributed by atoms with Crippen LogP contribution in [-0.2, 0) is 10.0 Å². The van der Waals surface area contributed by atoms with Gasteiger partial charge in [-0.05, 0) is 22.4 Å². The maximum Gasteiger partial charge on any atom is 0.250 e. The summed E-state index contributed by atoms with van der Waals surface area (Å²) in [5.74, 6) is 0. The molecule has 0 amide bonds. The number of aromatic nitrogens is 1. The Balaban J connectivity index is 2.86. The first-order chi connectivity index (χ1) is 6.99. The van der Waals surface area contributed by atoms with Crippen LogP contribution in [0.4, 0.5) is 5.13 Å². The molecule has 1 N–H and O–H groups in total. The highest BCUT2D eigenvalue weighted by Crippen LogP contribution is 2.24. The van der Waals surface area contributed by atoms with Gasteiger partial charge in [-0.25, -0.2) is 13.4 Å². The zero-order valence-electron chi connectivity index (χ0n) is 7.77. The van der Waals surface area contributed by atoms with Crippen LogP contribution < -0.4 is 4.72 Å². The monoisotopic (exact) mass is 309 g/mol. The van der Waals surface area contributed by atoms with Gasteiger partial charge in [-0.3, -0.25) is 4.72 Å². The number of anilines is 1. The van der Waals surface area contributed by atoms with Gasteiger partial charge in [0.15, 0.2) is 10.4 Å². The van der Waals surface area contributed by atoms with Crippen molar-refractivity contribution in [3.63, 3.8) is 0 Å². The molecule has 1 unspecified atom stereocenters. The number of hydrogen-bond acceptors (Lipinski definition) is 5. The van der Waals surface area contributed by atoms with Crippen LogP contribution >= 0.6 is 27.3 Å². The Bertz CT molecular complexity index is 477. The van der Waals surface area contributed by atoms with E-state index in [0.29, 0.717) is 0 Å². The highest BCUT2D eigenvalue weighted by atomic mass is 79.9. The van der Waals surface area contributed by atoms with Gasteiger partial charge in [0.25, 0.3) is 10.0 Å². The summed E-state index contributed by atoms with van der Waals surface area (Å²) in [6.07, 6.45) is 1.74. The Hall–Kier alpha value is -0.650. The largest absolute Gasteiger partial charge is 0.257 e. The number of halogens is 1. The van der Waals surface area contributed by atoms with Crippen LogP contribution in [0.5, 0.6) is 0 Å². The number of nitriles is 1. The first-order valence-electron chi connectivity index (χ1n) is 4.02. The zero-order valence-corrected chi connectivity index (χ0v) is 11.0. The van der Waals surface area contributed by atoms with Crippen molar-refractivity contribution in [1.82, 2.24) is 4.98 Å². The first-order valence-corrected chi connectivity index (χ1v) is 7.17. The molecule has 0 aliphatic rings. The van der Waals surface area contributed by atoms with Crippen molar-refractivity contribution in [1.29, 1.82) is 5.26 Å². The second-order valence-corrected chi connectivity index (χ2v) is 6.92. The molecule has 1 rings (SSSR count). The number of sulfonamides is 1. The summed E-state index contributed by atoms with van der Waals surface area (Å²) in [6, 6.07) is 1.73. The van der Waals surface area contributed by atoms with E-state index in [9.17, 15) is 8.42 Å². The normalized spacial score (nSPS) is 13.1. The van der Waals surface area contributed by atoms with E-state index < -0.39 is 15.3 Å². The van der Waals surface area contributed by atoms with Gasteiger partial charge in [0, 0.05) is 0 Å². The number of rotatable bonds is 4. The lowest BCUT2D eigenvalue weighted by atomic mass is 10.4. The van der Waals surface area contributed by atoms with E-state index in [0.717, 1.165) is 15.1 Å². The molecule has 0 bridgehead atoms. The molecule has 1 heterocycles. The van der Waals surface area contributed by atoms with Crippen LogP contribution in [0, 0.1) is 11.3 Å². The second-order valence-electron chi connectivity index (χ2n) is 2.64. The van der Waals surface area contributed by atoms with Gasteiger partial charge in [-0.15, -0.1) is 0 Å². The summed E-state index contributed by atoms with van der Waals surface area (Å²) in [6.45, 7) is 1.64. The summed E-state index contributed by atoms with van der Waals surface area (Å²) < 4.78 is 26.2. The molecule has 0 radical (unpaired) electrons. The molecule has 0 saturated heterocycles. The Labute approximate surface area is 100 Å². The minimum absolute atomic E-state index is 0.248. The third kappa shape index (κ3) is 3.15. The third-order valence-corrected chi connectivity index (χ3v) is 4.78. The van der Waals surface area contributed by atoms with Gasteiger partial charge in [0.2, 0.25) is 0 Å². The highest BCUT2D eigenvalue weighted by molar-refractivity contribution is 9.11. The summed E-state index contributed by atoms with van der Waals surface area (Å²) in [5, 5.41) is 7.87. The van der Waals surface area contributed by atoms with E-state index in [2.05, 4.69) is 25.6 Å². The van der Waals surface area contributed by atoms with Gasteiger partial charge < -0.3 is 0 Å². The maximum atomic E-state index is 11.6. The van der Waals surface area contributed by atoms with E-state index in [1.165, 1.54) is 6.20 Å². The smallest absolute Gasteiger partial charge is 0.250 e. The third-order valence-electron chi connectivity index (χ3n) is 1.60. The summed E-state index contributed by atoms with van der Waals surface area (Å²) in [4.78, 5) is 3.82. The van der Waals surface area contributed by atoms with Crippen molar-refractivity contribution in [2.45, 2.75) is 18.6 Å². The van der Waals surface area contributed by atoms with Crippen molar-refractivity contribution in [3.05, 3.63) is 9.98 Å². The van der Waals surface area contributed by atoms with Crippen molar-refractivity contribution in [3.8, 4) is 6.07 Å².